The normalized spacial score (nSPS) is 16.7. The van der Waals surface area contributed by atoms with Gasteiger partial charge in [-0.05, 0) is 37.0 Å². The largest absolute Gasteiger partial charge is 0.349 e. The molecule has 1 N–H and O–H groups in total. The van der Waals surface area contributed by atoms with Crippen LogP contribution < -0.4 is 5.32 Å². The van der Waals surface area contributed by atoms with Gasteiger partial charge in [0.25, 0.3) is 0 Å². The van der Waals surface area contributed by atoms with Crippen LogP contribution in [0, 0.1) is 0 Å². The number of carbonyl (C=O) groups excluding carboxylic acids is 1. The quantitative estimate of drug-likeness (QED) is 0.539. The summed E-state index contributed by atoms with van der Waals surface area (Å²) in [6.07, 6.45) is 3.59. The number of carbonyl (C=O) groups is 1. The third-order valence-corrected chi connectivity index (χ3v) is 7.04. The van der Waals surface area contributed by atoms with Crippen LogP contribution in [0.25, 0.3) is 10.6 Å². The topological polar surface area (TPSA) is 45.2 Å². The van der Waals surface area contributed by atoms with Crippen LogP contribution in [0.3, 0.4) is 0 Å². The average molecular weight is 440 g/mol. The Hall–Kier alpha value is -2.21. The number of aromatic nitrogens is 1. The number of nitrogens with one attached hydrogen (secondary N) is 1. The highest BCUT2D eigenvalue weighted by Crippen LogP contribution is 2.39. The van der Waals surface area contributed by atoms with Crippen molar-refractivity contribution in [3.63, 3.8) is 0 Å². The summed E-state index contributed by atoms with van der Waals surface area (Å²) in [4.78, 5) is 20.4. The zero-order valence-corrected chi connectivity index (χ0v) is 18.8. The number of rotatable bonds is 6. The Bertz CT molecular complexity index is 1000. The second-order valence-corrected chi connectivity index (χ2v) is 9.37. The van der Waals surface area contributed by atoms with E-state index in [4.69, 9.17) is 16.6 Å². The standard InChI is InChI=1S/C24H26ClN3OS/c1-28(2)22(29)15-21(16-7-4-3-5-8-16)26-19-9-6-10-20-23(19)30-24(27-20)17-11-13-18(25)14-12-17/h3-5,7-8,11-14,19,21,26H,6,9-10,15H2,1-2H3. The van der Waals surface area contributed by atoms with Crippen LogP contribution >= 0.6 is 22.9 Å². The van der Waals surface area contributed by atoms with Crippen molar-refractivity contribution in [1.82, 2.24) is 15.2 Å². The highest BCUT2D eigenvalue weighted by molar-refractivity contribution is 7.15. The van der Waals surface area contributed by atoms with E-state index in [1.807, 2.05) is 56.6 Å². The van der Waals surface area contributed by atoms with Crippen molar-refractivity contribution in [2.45, 2.75) is 37.8 Å². The first kappa shape index (κ1) is 21.0. The fourth-order valence-electron chi connectivity index (χ4n) is 3.85. The molecule has 2 atom stereocenters. The number of fused-ring (bicyclic) bond motifs is 1. The minimum Gasteiger partial charge on any atom is -0.349 e. The van der Waals surface area contributed by atoms with E-state index >= 15 is 0 Å². The summed E-state index contributed by atoms with van der Waals surface area (Å²) in [5.74, 6) is 0.124. The molecule has 1 amide bonds. The number of hydrogen-bond acceptors (Lipinski definition) is 4. The van der Waals surface area contributed by atoms with Crippen molar-refractivity contribution < 1.29 is 4.79 Å². The maximum atomic E-state index is 12.5. The lowest BCUT2D eigenvalue weighted by Gasteiger charge is -2.29. The highest BCUT2D eigenvalue weighted by atomic mass is 35.5. The van der Waals surface area contributed by atoms with Gasteiger partial charge in [-0.3, -0.25) is 4.79 Å². The number of hydrogen-bond donors (Lipinski definition) is 1. The molecule has 2 unspecified atom stereocenters. The van der Waals surface area contributed by atoms with E-state index in [0.29, 0.717) is 6.42 Å². The summed E-state index contributed by atoms with van der Waals surface area (Å²) in [5.41, 5.74) is 3.42. The summed E-state index contributed by atoms with van der Waals surface area (Å²) in [6.45, 7) is 0. The number of benzene rings is 2. The van der Waals surface area contributed by atoms with E-state index in [-0.39, 0.29) is 18.0 Å². The van der Waals surface area contributed by atoms with E-state index < -0.39 is 0 Å². The second kappa shape index (κ2) is 9.29. The molecule has 156 valence electrons. The van der Waals surface area contributed by atoms with Crippen molar-refractivity contribution >= 4 is 28.8 Å². The van der Waals surface area contributed by atoms with E-state index in [1.54, 1.807) is 16.2 Å². The molecule has 3 aromatic rings. The van der Waals surface area contributed by atoms with Gasteiger partial charge >= 0.3 is 0 Å². The molecule has 0 aliphatic heterocycles. The van der Waals surface area contributed by atoms with Gasteiger partial charge in [-0.15, -0.1) is 11.3 Å². The molecule has 6 heteroatoms. The first-order valence-corrected chi connectivity index (χ1v) is 11.5. The van der Waals surface area contributed by atoms with Crippen LogP contribution in [0.2, 0.25) is 5.02 Å². The van der Waals surface area contributed by atoms with Crippen molar-refractivity contribution in [2.75, 3.05) is 14.1 Å². The number of amides is 1. The fraction of sp³-hybridized carbons (Fsp3) is 0.333. The molecular formula is C24H26ClN3OS. The first-order chi connectivity index (χ1) is 14.5. The number of nitrogens with zero attached hydrogens (tertiary/aromatic N) is 2. The third-order valence-electron chi connectivity index (χ3n) is 5.52. The van der Waals surface area contributed by atoms with Gasteiger partial charge in [-0.1, -0.05) is 54.1 Å². The van der Waals surface area contributed by atoms with Crippen LogP contribution in [0.4, 0.5) is 0 Å². The molecule has 0 bridgehead atoms. The van der Waals surface area contributed by atoms with Gasteiger partial charge in [-0.25, -0.2) is 4.98 Å². The van der Waals surface area contributed by atoms with Gasteiger partial charge in [0, 0.05) is 48.1 Å². The summed E-state index contributed by atoms with van der Waals surface area (Å²) in [6, 6.07) is 18.3. The lowest BCUT2D eigenvalue weighted by Crippen LogP contribution is -2.33. The Balaban J connectivity index is 1.60. The van der Waals surface area contributed by atoms with Gasteiger partial charge < -0.3 is 10.2 Å². The minimum atomic E-state index is -0.0295. The second-order valence-electron chi connectivity index (χ2n) is 7.90. The molecule has 30 heavy (non-hydrogen) atoms. The molecular weight excluding hydrogens is 414 g/mol. The van der Waals surface area contributed by atoms with Crippen LogP contribution in [0.5, 0.6) is 0 Å². The number of thiazole rings is 1. The molecule has 0 fully saturated rings. The highest BCUT2D eigenvalue weighted by Gasteiger charge is 2.28. The molecule has 0 radical (unpaired) electrons. The summed E-state index contributed by atoms with van der Waals surface area (Å²) in [7, 11) is 3.62. The summed E-state index contributed by atoms with van der Waals surface area (Å²) >= 11 is 7.80. The predicted molar refractivity (Wildman–Crippen MR) is 124 cm³/mol. The molecule has 1 aromatic heterocycles. The Kier molecular flexibility index (Phi) is 6.52. The van der Waals surface area contributed by atoms with Crippen molar-refractivity contribution in [3.05, 3.63) is 75.8 Å². The average Bonchev–Trinajstić information content (AvgIpc) is 3.19. The van der Waals surface area contributed by atoms with Crippen molar-refractivity contribution in [3.8, 4) is 10.6 Å². The Morgan fingerprint density at radius 3 is 2.63 bits per heavy atom. The lowest BCUT2D eigenvalue weighted by atomic mass is 9.95. The Labute approximate surface area is 186 Å². The molecule has 1 heterocycles. The molecule has 1 aliphatic carbocycles. The maximum absolute atomic E-state index is 12.5. The molecule has 0 saturated carbocycles. The van der Waals surface area contributed by atoms with Gasteiger partial charge in [0.15, 0.2) is 0 Å². The van der Waals surface area contributed by atoms with E-state index in [0.717, 1.165) is 40.4 Å². The van der Waals surface area contributed by atoms with Crippen LogP contribution in [-0.2, 0) is 11.2 Å². The summed E-state index contributed by atoms with van der Waals surface area (Å²) in [5, 5.41) is 5.56. The smallest absolute Gasteiger partial charge is 0.223 e. The van der Waals surface area contributed by atoms with Gasteiger partial charge in [0.1, 0.15) is 5.01 Å². The number of aryl methyl sites for hydroxylation is 1. The zero-order valence-electron chi connectivity index (χ0n) is 17.3. The van der Waals surface area contributed by atoms with Crippen LogP contribution in [-0.4, -0.2) is 29.9 Å². The van der Waals surface area contributed by atoms with E-state index in [9.17, 15) is 4.79 Å². The minimum absolute atomic E-state index is 0.0295. The molecule has 0 spiro atoms. The Morgan fingerprint density at radius 1 is 1.20 bits per heavy atom. The third kappa shape index (κ3) is 4.75. The predicted octanol–water partition coefficient (Wildman–Crippen LogP) is 5.65. The SMILES string of the molecule is CN(C)C(=O)CC(NC1CCCc2nc(-c3ccc(Cl)cc3)sc21)c1ccccc1. The van der Waals surface area contributed by atoms with Crippen molar-refractivity contribution in [2.24, 2.45) is 0 Å². The molecule has 4 rings (SSSR count). The van der Waals surface area contributed by atoms with Crippen LogP contribution in [0.15, 0.2) is 54.6 Å². The zero-order chi connectivity index (χ0) is 21.1. The molecule has 4 nitrogen and oxygen atoms in total. The fourth-order valence-corrected chi connectivity index (χ4v) is 5.19. The van der Waals surface area contributed by atoms with Gasteiger partial charge in [0.05, 0.1) is 5.69 Å². The molecule has 2 aromatic carbocycles. The molecule has 0 saturated heterocycles. The molecule has 1 aliphatic rings. The summed E-state index contributed by atoms with van der Waals surface area (Å²) < 4.78 is 0. The van der Waals surface area contributed by atoms with Gasteiger partial charge in [-0.2, -0.15) is 0 Å². The monoisotopic (exact) mass is 439 g/mol. The lowest BCUT2D eigenvalue weighted by molar-refractivity contribution is -0.129. The Morgan fingerprint density at radius 2 is 1.93 bits per heavy atom. The first-order valence-electron chi connectivity index (χ1n) is 10.3. The van der Waals surface area contributed by atoms with E-state index in [2.05, 4.69) is 17.4 Å². The maximum Gasteiger partial charge on any atom is 0.223 e. The van der Waals surface area contributed by atoms with Crippen LogP contribution in [0.1, 0.15) is 47.5 Å². The van der Waals surface area contributed by atoms with E-state index in [1.165, 1.54) is 10.6 Å². The van der Waals surface area contributed by atoms with Gasteiger partial charge in [0.2, 0.25) is 5.91 Å². The number of halogens is 1. The van der Waals surface area contributed by atoms with Crippen molar-refractivity contribution in [1.29, 1.82) is 0 Å².